The molecule has 2 aromatic carbocycles. The zero-order valence-corrected chi connectivity index (χ0v) is 17.3. The van der Waals surface area contributed by atoms with E-state index in [1.165, 1.54) is 33.0 Å². The van der Waals surface area contributed by atoms with E-state index >= 15 is 0 Å². The van der Waals surface area contributed by atoms with Gasteiger partial charge in [0.25, 0.3) is 5.91 Å². The molecule has 32 heavy (non-hydrogen) atoms. The third kappa shape index (κ3) is 4.67. The Morgan fingerprint density at radius 2 is 1.50 bits per heavy atom. The number of carbonyl (C=O) groups is 1. The maximum atomic E-state index is 14.4. The van der Waals surface area contributed by atoms with Gasteiger partial charge in [-0.1, -0.05) is 18.2 Å². The highest BCUT2D eigenvalue weighted by Crippen LogP contribution is 2.54. The van der Waals surface area contributed by atoms with Crippen LogP contribution in [0.1, 0.15) is 27.0 Å². The van der Waals surface area contributed by atoms with Crippen molar-refractivity contribution in [2.45, 2.75) is 31.9 Å². The molecule has 0 bridgehead atoms. The van der Waals surface area contributed by atoms with Crippen LogP contribution in [0.25, 0.3) is 0 Å². The van der Waals surface area contributed by atoms with Crippen LogP contribution in [0.15, 0.2) is 36.4 Å². The molecule has 0 unspecified atom stereocenters. The maximum Gasteiger partial charge on any atom is 0.435 e. The molecule has 0 fully saturated rings. The summed E-state index contributed by atoms with van der Waals surface area (Å²) in [6.07, 6.45) is -12.5. The largest absolute Gasteiger partial charge is 0.435 e. The average Bonchev–Trinajstić information content (AvgIpc) is 2.68. The van der Waals surface area contributed by atoms with Crippen molar-refractivity contribution < 1.29 is 40.6 Å². The number of carbonyl (C=O) groups excluding carboxylic acids is 1. The number of alkyl halides is 7. The van der Waals surface area contributed by atoms with E-state index in [1.54, 1.807) is 12.1 Å². The van der Waals surface area contributed by atoms with Gasteiger partial charge in [-0.05, 0) is 43.2 Å². The minimum absolute atomic E-state index is 0.0548. The van der Waals surface area contributed by atoms with Gasteiger partial charge >= 0.3 is 18.0 Å². The summed E-state index contributed by atoms with van der Waals surface area (Å²) in [6, 6.07) is 7.06. The number of benzene rings is 2. The highest BCUT2D eigenvalue weighted by atomic mass is 19.4. The molecular formula is C21H21F7N2O2. The Labute approximate surface area is 179 Å². The summed E-state index contributed by atoms with van der Waals surface area (Å²) < 4.78 is 93.1. The minimum Gasteiger partial charge on any atom is -0.395 e. The van der Waals surface area contributed by atoms with Crippen LogP contribution < -0.4 is 10.2 Å². The van der Waals surface area contributed by atoms with Crippen molar-refractivity contribution in [3.63, 3.8) is 0 Å². The van der Waals surface area contributed by atoms with Crippen molar-refractivity contribution >= 4 is 17.3 Å². The Bertz CT molecular complexity index is 950. The van der Waals surface area contributed by atoms with Crippen LogP contribution in [0.3, 0.4) is 0 Å². The first-order chi connectivity index (χ1) is 14.6. The van der Waals surface area contributed by atoms with Crippen molar-refractivity contribution in [1.29, 1.82) is 0 Å². The van der Waals surface area contributed by atoms with Crippen LogP contribution >= 0.6 is 0 Å². The van der Waals surface area contributed by atoms with Crippen LogP contribution in [0.4, 0.5) is 42.1 Å². The SMILES string of the molecule is Cc1cc(C(F)(C(F)(F)F)C(F)(F)F)cc(C)c1N(C)C(=O)c1cccc(NCCO)c1. The van der Waals surface area contributed by atoms with Gasteiger partial charge in [0.1, 0.15) is 0 Å². The van der Waals surface area contributed by atoms with Crippen molar-refractivity contribution in [3.8, 4) is 0 Å². The molecule has 0 aliphatic heterocycles. The third-order valence-electron chi connectivity index (χ3n) is 4.86. The second-order valence-corrected chi connectivity index (χ2v) is 7.21. The highest BCUT2D eigenvalue weighted by molar-refractivity contribution is 6.07. The second-order valence-electron chi connectivity index (χ2n) is 7.21. The summed E-state index contributed by atoms with van der Waals surface area (Å²) in [7, 11) is 1.31. The Kier molecular flexibility index (Phi) is 7.13. The number of hydrogen-bond donors (Lipinski definition) is 2. The van der Waals surface area contributed by atoms with E-state index in [1.807, 2.05) is 0 Å². The van der Waals surface area contributed by atoms with Crippen LogP contribution in [0.2, 0.25) is 0 Å². The number of rotatable bonds is 6. The fraction of sp³-hybridized carbons (Fsp3) is 0.381. The number of hydrogen-bond acceptors (Lipinski definition) is 3. The summed E-state index contributed by atoms with van der Waals surface area (Å²) >= 11 is 0. The second kappa shape index (κ2) is 8.97. The number of aryl methyl sites for hydroxylation is 2. The Morgan fingerprint density at radius 1 is 0.969 bits per heavy atom. The zero-order valence-electron chi connectivity index (χ0n) is 17.3. The summed E-state index contributed by atoms with van der Waals surface area (Å²) in [5.41, 5.74) is -6.67. The van der Waals surface area contributed by atoms with E-state index in [-0.39, 0.29) is 35.5 Å². The maximum absolute atomic E-state index is 14.4. The molecule has 0 aliphatic rings. The normalized spacial score (nSPS) is 12.6. The molecule has 4 nitrogen and oxygen atoms in total. The summed E-state index contributed by atoms with van der Waals surface area (Å²) in [6.45, 7) is 2.48. The molecule has 11 heteroatoms. The van der Waals surface area contributed by atoms with Crippen molar-refractivity contribution in [2.24, 2.45) is 0 Å². The van der Waals surface area contributed by atoms with Crippen molar-refractivity contribution in [2.75, 3.05) is 30.4 Å². The van der Waals surface area contributed by atoms with Gasteiger partial charge in [-0.2, -0.15) is 26.3 Å². The van der Waals surface area contributed by atoms with E-state index in [0.29, 0.717) is 17.8 Å². The molecule has 2 rings (SSSR count). The fourth-order valence-electron chi connectivity index (χ4n) is 3.43. The predicted octanol–water partition coefficient (Wildman–Crippen LogP) is 5.27. The monoisotopic (exact) mass is 466 g/mol. The number of aliphatic hydroxyl groups is 1. The van der Waals surface area contributed by atoms with Gasteiger partial charge in [-0.15, -0.1) is 0 Å². The van der Waals surface area contributed by atoms with Crippen LogP contribution in [0.5, 0.6) is 0 Å². The number of halogens is 7. The lowest BCUT2D eigenvalue weighted by atomic mass is 9.90. The molecule has 0 spiro atoms. The first-order valence-electron chi connectivity index (χ1n) is 9.32. The van der Waals surface area contributed by atoms with Crippen molar-refractivity contribution in [3.05, 3.63) is 58.7 Å². The Hall–Kier alpha value is -2.82. The molecule has 0 aromatic heterocycles. The number of nitrogens with zero attached hydrogens (tertiary/aromatic N) is 1. The molecule has 0 saturated heterocycles. The average molecular weight is 466 g/mol. The molecule has 0 atom stereocenters. The molecule has 1 amide bonds. The lowest BCUT2D eigenvalue weighted by Gasteiger charge is -2.32. The van der Waals surface area contributed by atoms with Gasteiger partial charge in [0.2, 0.25) is 0 Å². The van der Waals surface area contributed by atoms with E-state index < -0.39 is 29.5 Å². The number of anilines is 2. The lowest BCUT2D eigenvalue weighted by molar-refractivity contribution is -0.348. The van der Waals surface area contributed by atoms with E-state index in [4.69, 9.17) is 5.11 Å². The molecule has 2 N–H and O–H groups in total. The molecule has 0 heterocycles. The standard InChI is InChI=1S/C21H21F7N2O2/c1-12-9-15(19(22,20(23,24)25)21(26,27)28)10-13(2)17(12)30(3)18(32)14-5-4-6-16(11-14)29-7-8-31/h4-6,9-11,29,31H,7-8H2,1-3H3. The predicted molar refractivity (Wildman–Crippen MR) is 106 cm³/mol. The minimum atomic E-state index is -6.23. The first-order valence-corrected chi connectivity index (χ1v) is 9.32. The lowest BCUT2D eigenvalue weighted by Crippen LogP contribution is -2.50. The third-order valence-corrected chi connectivity index (χ3v) is 4.86. The van der Waals surface area contributed by atoms with Crippen LogP contribution in [0, 0.1) is 13.8 Å². The topological polar surface area (TPSA) is 52.6 Å². The summed E-state index contributed by atoms with van der Waals surface area (Å²) in [5.74, 6) is -0.588. The van der Waals surface area contributed by atoms with Gasteiger partial charge in [-0.25, -0.2) is 4.39 Å². The van der Waals surface area contributed by atoms with Gasteiger partial charge in [-0.3, -0.25) is 4.79 Å². The highest BCUT2D eigenvalue weighted by Gasteiger charge is 2.73. The molecule has 2 aromatic rings. The van der Waals surface area contributed by atoms with E-state index in [0.717, 1.165) is 4.90 Å². The van der Waals surface area contributed by atoms with Crippen LogP contribution in [-0.4, -0.2) is 43.6 Å². The number of nitrogens with one attached hydrogen (secondary N) is 1. The zero-order chi connectivity index (χ0) is 24.5. The number of amides is 1. The summed E-state index contributed by atoms with van der Waals surface area (Å²) in [5, 5.41) is 11.7. The van der Waals surface area contributed by atoms with Gasteiger partial charge < -0.3 is 15.3 Å². The molecule has 0 saturated carbocycles. The number of aliphatic hydroxyl groups excluding tert-OH is 1. The smallest absolute Gasteiger partial charge is 0.395 e. The first kappa shape index (κ1) is 25.4. The van der Waals surface area contributed by atoms with Gasteiger partial charge in [0.15, 0.2) is 0 Å². The fourth-order valence-corrected chi connectivity index (χ4v) is 3.43. The van der Waals surface area contributed by atoms with E-state index in [2.05, 4.69) is 5.32 Å². The Morgan fingerprint density at radius 3 is 1.97 bits per heavy atom. The quantitative estimate of drug-likeness (QED) is 0.570. The van der Waals surface area contributed by atoms with Crippen LogP contribution in [-0.2, 0) is 5.67 Å². The molecule has 0 radical (unpaired) electrons. The molecular weight excluding hydrogens is 445 g/mol. The summed E-state index contributed by atoms with van der Waals surface area (Å²) in [4.78, 5) is 14.0. The van der Waals surface area contributed by atoms with Gasteiger partial charge in [0.05, 0.1) is 6.61 Å². The molecule has 0 aliphatic carbocycles. The Balaban J connectivity index is 2.49. The molecule has 176 valence electrons. The van der Waals surface area contributed by atoms with Gasteiger partial charge in [0, 0.05) is 36.1 Å². The van der Waals surface area contributed by atoms with Crippen molar-refractivity contribution in [1.82, 2.24) is 0 Å². The van der Waals surface area contributed by atoms with E-state index in [9.17, 15) is 35.5 Å².